The molecule has 1 nitrogen and oxygen atoms in total. The topological polar surface area (TPSA) is 12.0 Å². The van der Waals surface area contributed by atoms with Gasteiger partial charge in [-0.1, -0.05) is 42.7 Å². The second-order valence-corrected chi connectivity index (χ2v) is 6.51. The molecule has 0 heterocycles. The fourth-order valence-corrected chi connectivity index (χ4v) is 4.07. The fraction of sp³-hybridized carbons (Fsp3) is 0.625. The molecule has 1 aromatic rings. The first-order valence-electron chi connectivity index (χ1n) is 7.11. The third kappa shape index (κ3) is 4.03. The maximum Gasteiger partial charge on any atom is 0.0409 e. The van der Waals surface area contributed by atoms with Crippen molar-refractivity contribution < 1.29 is 0 Å². The van der Waals surface area contributed by atoms with Gasteiger partial charge in [0.25, 0.3) is 0 Å². The van der Waals surface area contributed by atoms with Crippen LogP contribution in [0.3, 0.4) is 0 Å². The highest BCUT2D eigenvalue weighted by atomic mass is 32.2. The van der Waals surface area contributed by atoms with Gasteiger partial charge in [0.2, 0.25) is 0 Å². The van der Waals surface area contributed by atoms with Crippen molar-refractivity contribution in [2.75, 3.05) is 18.6 Å². The van der Waals surface area contributed by atoms with E-state index < -0.39 is 0 Å². The van der Waals surface area contributed by atoms with Crippen molar-refractivity contribution in [2.45, 2.75) is 38.6 Å². The molecule has 2 heteroatoms. The van der Waals surface area contributed by atoms with Crippen molar-refractivity contribution in [3.8, 4) is 0 Å². The minimum absolute atomic E-state index is 0.497. The summed E-state index contributed by atoms with van der Waals surface area (Å²) < 4.78 is 0. The molecular weight excluding hydrogens is 238 g/mol. The van der Waals surface area contributed by atoms with Gasteiger partial charge < -0.3 is 5.32 Å². The Morgan fingerprint density at radius 3 is 2.50 bits per heavy atom. The van der Waals surface area contributed by atoms with Crippen LogP contribution in [0.15, 0.2) is 24.3 Å². The van der Waals surface area contributed by atoms with Gasteiger partial charge >= 0.3 is 0 Å². The van der Waals surface area contributed by atoms with Gasteiger partial charge in [-0.2, -0.15) is 11.8 Å². The van der Waals surface area contributed by atoms with Gasteiger partial charge in [-0.05, 0) is 44.0 Å². The van der Waals surface area contributed by atoms with Gasteiger partial charge in [0, 0.05) is 11.8 Å². The van der Waals surface area contributed by atoms with E-state index in [4.69, 9.17) is 0 Å². The van der Waals surface area contributed by atoms with Crippen LogP contribution >= 0.6 is 11.8 Å². The summed E-state index contributed by atoms with van der Waals surface area (Å²) in [5, 5.41) is 3.44. The van der Waals surface area contributed by atoms with E-state index in [2.05, 4.69) is 55.3 Å². The predicted molar refractivity (Wildman–Crippen MR) is 82.3 cm³/mol. The molecule has 18 heavy (non-hydrogen) atoms. The average molecular weight is 263 g/mol. The lowest BCUT2D eigenvalue weighted by Crippen LogP contribution is -2.19. The van der Waals surface area contributed by atoms with Crippen LogP contribution in [0.2, 0.25) is 0 Å². The minimum Gasteiger partial charge on any atom is -0.312 e. The van der Waals surface area contributed by atoms with E-state index in [0.29, 0.717) is 6.04 Å². The molecule has 0 amide bonds. The predicted octanol–water partition coefficient (Wildman–Crippen LogP) is 4.18. The van der Waals surface area contributed by atoms with Gasteiger partial charge in [0.05, 0.1) is 0 Å². The molecule has 1 fully saturated rings. The Bertz CT molecular complexity index is 341. The molecule has 0 bridgehead atoms. The molecule has 0 aromatic heterocycles. The van der Waals surface area contributed by atoms with Crippen LogP contribution in [0.4, 0.5) is 0 Å². The third-order valence-corrected chi connectivity index (χ3v) is 5.22. The summed E-state index contributed by atoms with van der Waals surface area (Å²) in [6.45, 7) is 2.15. The quantitative estimate of drug-likeness (QED) is 0.826. The molecular formula is C16H25NS. The van der Waals surface area contributed by atoms with Crippen LogP contribution in [0.1, 0.15) is 42.9 Å². The highest BCUT2D eigenvalue weighted by Gasteiger charge is 2.16. The van der Waals surface area contributed by atoms with Crippen molar-refractivity contribution >= 4 is 11.8 Å². The lowest BCUT2D eigenvalue weighted by Gasteiger charge is -2.17. The lowest BCUT2D eigenvalue weighted by molar-refractivity contribution is 0.618. The van der Waals surface area contributed by atoms with Crippen LogP contribution in [0.25, 0.3) is 0 Å². The van der Waals surface area contributed by atoms with Crippen LogP contribution in [-0.4, -0.2) is 18.6 Å². The van der Waals surface area contributed by atoms with E-state index in [0.717, 1.165) is 5.92 Å². The molecule has 1 unspecified atom stereocenters. The largest absolute Gasteiger partial charge is 0.312 e. The standard InChI is InChI=1S/C16H25NS/c1-13-7-9-15(10-8-13)16(17-2)12-18-11-14-5-3-4-6-14/h7-10,14,16-17H,3-6,11-12H2,1-2H3. The number of benzene rings is 1. The van der Waals surface area contributed by atoms with E-state index in [9.17, 15) is 0 Å². The van der Waals surface area contributed by atoms with Gasteiger partial charge in [0.15, 0.2) is 0 Å². The number of hydrogen-bond acceptors (Lipinski definition) is 2. The summed E-state index contributed by atoms with van der Waals surface area (Å²) in [6.07, 6.45) is 5.83. The van der Waals surface area contributed by atoms with Gasteiger partial charge in [-0.15, -0.1) is 0 Å². The molecule has 1 N–H and O–H groups in total. The Balaban J connectivity index is 1.79. The molecule has 2 rings (SSSR count). The molecule has 1 atom stereocenters. The Morgan fingerprint density at radius 1 is 1.22 bits per heavy atom. The lowest BCUT2D eigenvalue weighted by atomic mass is 10.1. The number of thioether (sulfide) groups is 1. The summed E-state index contributed by atoms with van der Waals surface area (Å²) in [5.74, 6) is 3.53. The summed E-state index contributed by atoms with van der Waals surface area (Å²) >= 11 is 2.12. The van der Waals surface area contributed by atoms with Crippen molar-refractivity contribution in [1.82, 2.24) is 5.32 Å². The van der Waals surface area contributed by atoms with E-state index in [1.807, 2.05) is 0 Å². The highest BCUT2D eigenvalue weighted by molar-refractivity contribution is 7.99. The van der Waals surface area contributed by atoms with E-state index in [-0.39, 0.29) is 0 Å². The molecule has 0 radical (unpaired) electrons. The van der Waals surface area contributed by atoms with Crippen LogP contribution in [-0.2, 0) is 0 Å². The number of rotatable bonds is 6. The Hall–Kier alpha value is -0.470. The van der Waals surface area contributed by atoms with E-state index in [1.54, 1.807) is 0 Å². The summed E-state index contributed by atoms with van der Waals surface area (Å²) in [7, 11) is 2.07. The zero-order valence-corrected chi connectivity index (χ0v) is 12.4. The monoisotopic (exact) mass is 263 g/mol. The second-order valence-electron chi connectivity index (χ2n) is 5.44. The van der Waals surface area contributed by atoms with Crippen LogP contribution in [0, 0.1) is 12.8 Å². The summed E-state index contributed by atoms with van der Waals surface area (Å²) in [4.78, 5) is 0. The highest BCUT2D eigenvalue weighted by Crippen LogP contribution is 2.29. The van der Waals surface area contributed by atoms with Crippen molar-refractivity contribution in [2.24, 2.45) is 5.92 Å². The molecule has 0 saturated heterocycles. The maximum absolute atomic E-state index is 3.44. The van der Waals surface area contributed by atoms with Crippen molar-refractivity contribution in [3.05, 3.63) is 35.4 Å². The molecule has 1 aliphatic rings. The third-order valence-electron chi connectivity index (χ3n) is 3.94. The zero-order chi connectivity index (χ0) is 12.8. The molecule has 100 valence electrons. The summed E-state index contributed by atoms with van der Waals surface area (Å²) in [5.41, 5.74) is 2.76. The van der Waals surface area contributed by atoms with E-state index >= 15 is 0 Å². The first-order valence-corrected chi connectivity index (χ1v) is 8.26. The molecule has 0 aliphatic heterocycles. The van der Waals surface area contributed by atoms with Gasteiger partial charge in [-0.25, -0.2) is 0 Å². The zero-order valence-electron chi connectivity index (χ0n) is 11.6. The van der Waals surface area contributed by atoms with Crippen molar-refractivity contribution in [1.29, 1.82) is 0 Å². The normalized spacial score (nSPS) is 18.1. The Labute approximate surface area is 116 Å². The number of aryl methyl sites for hydroxylation is 1. The first kappa shape index (κ1) is 14.0. The second kappa shape index (κ2) is 7.20. The molecule has 1 aromatic carbocycles. The SMILES string of the molecule is CNC(CSCC1CCCC1)c1ccc(C)cc1. The minimum atomic E-state index is 0.497. The van der Waals surface area contributed by atoms with E-state index in [1.165, 1.54) is 48.3 Å². The smallest absolute Gasteiger partial charge is 0.0409 e. The first-order chi connectivity index (χ1) is 8.79. The Kier molecular flexibility index (Phi) is 5.58. The van der Waals surface area contributed by atoms with Crippen molar-refractivity contribution in [3.63, 3.8) is 0 Å². The van der Waals surface area contributed by atoms with Gasteiger partial charge in [0.1, 0.15) is 0 Å². The van der Waals surface area contributed by atoms with Crippen LogP contribution in [0.5, 0.6) is 0 Å². The number of hydrogen-bond donors (Lipinski definition) is 1. The Morgan fingerprint density at radius 2 is 1.89 bits per heavy atom. The van der Waals surface area contributed by atoms with Gasteiger partial charge in [-0.3, -0.25) is 0 Å². The fourth-order valence-electron chi connectivity index (χ4n) is 2.67. The molecule has 0 spiro atoms. The maximum atomic E-state index is 3.44. The molecule has 1 saturated carbocycles. The summed E-state index contributed by atoms with van der Waals surface area (Å²) in [6, 6.07) is 9.43. The average Bonchev–Trinajstić information content (AvgIpc) is 2.89. The number of nitrogens with one attached hydrogen (secondary N) is 1. The van der Waals surface area contributed by atoms with Crippen LogP contribution < -0.4 is 5.32 Å². The molecule has 1 aliphatic carbocycles.